The van der Waals surface area contributed by atoms with E-state index in [4.69, 9.17) is 9.15 Å². The molecule has 0 aliphatic carbocycles. The van der Waals surface area contributed by atoms with Crippen LogP contribution in [0.4, 0.5) is 0 Å². The van der Waals surface area contributed by atoms with E-state index >= 15 is 0 Å². The quantitative estimate of drug-likeness (QED) is 0.561. The van der Waals surface area contributed by atoms with Gasteiger partial charge in [-0.3, -0.25) is 4.57 Å². The van der Waals surface area contributed by atoms with Crippen LogP contribution in [0.15, 0.2) is 45.8 Å². The van der Waals surface area contributed by atoms with Gasteiger partial charge in [-0.2, -0.15) is 0 Å². The molecule has 2 aromatic carbocycles. The van der Waals surface area contributed by atoms with Gasteiger partial charge in [0.25, 0.3) is 0 Å². The van der Waals surface area contributed by atoms with Crippen LogP contribution in [0, 0.1) is 6.92 Å². The highest BCUT2D eigenvalue weighted by atomic mass is 79.9. The lowest BCUT2D eigenvalue weighted by Gasteiger charge is -2.08. The van der Waals surface area contributed by atoms with E-state index in [2.05, 4.69) is 31.1 Å². The summed E-state index contributed by atoms with van der Waals surface area (Å²) in [5, 5.41) is 18.1. The highest BCUT2D eigenvalue weighted by molar-refractivity contribution is 9.10. The minimum Gasteiger partial charge on any atom is -0.507 e. The number of ether oxygens (including phenoxy) is 1. The number of methoxy groups -OCH3 is 1. The lowest BCUT2D eigenvalue weighted by molar-refractivity contribution is 0.415. The molecule has 2 aromatic heterocycles. The summed E-state index contributed by atoms with van der Waals surface area (Å²) >= 11 is 3.46. The fourth-order valence-electron chi connectivity index (χ4n) is 2.61. The van der Waals surface area contributed by atoms with Crippen molar-refractivity contribution in [2.45, 2.75) is 6.92 Å². The molecule has 0 aliphatic heterocycles. The molecule has 0 radical (unpaired) electrons. The van der Waals surface area contributed by atoms with Crippen LogP contribution in [-0.2, 0) is 0 Å². The Hall–Kier alpha value is -2.87. The molecule has 0 bridgehead atoms. The van der Waals surface area contributed by atoms with E-state index in [1.54, 1.807) is 42.5 Å². The van der Waals surface area contributed by atoms with Gasteiger partial charge in [0.05, 0.1) is 17.1 Å². The first kappa shape index (κ1) is 15.6. The van der Waals surface area contributed by atoms with Crippen molar-refractivity contribution in [3.05, 3.63) is 47.0 Å². The van der Waals surface area contributed by atoms with Gasteiger partial charge in [-0.05, 0) is 46.6 Å². The first-order valence-corrected chi connectivity index (χ1v) is 8.19. The van der Waals surface area contributed by atoms with E-state index in [9.17, 15) is 5.11 Å². The number of hydrogen-bond donors (Lipinski definition) is 1. The number of hydrogen-bond acceptors (Lipinski definition) is 6. The van der Waals surface area contributed by atoms with E-state index in [-0.39, 0.29) is 5.75 Å². The summed E-state index contributed by atoms with van der Waals surface area (Å²) in [5.41, 5.74) is 3.20. The van der Waals surface area contributed by atoms with Gasteiger partial charge in [0.1, 0.15) is 29.7 Å². The summed E-state index contributed by atoms with van der Waals surface area (Å²) in [5.74, 6) is 1.10. The van der Waals surface area contributed by atoms with Crippen molar-refractivity contribution in [3.8, 4) is 28.6 Å². The van der Waals surface area contributed by atoms with Crippen LogP contribution in [0.25, 0.3) is 28.2 Å². The van der Waals surface area contributed by atoms with Crippen LogP contribution < -0.4 is 4.74 Å². The zero-order valence-electron chi connectivity index (χ0n) is 13.4. The summed E-state index contributed by atoms with van der Waals surface area (Å²) in [7, 11) is 1.59. The molecule has 0 aliphatic rings. The SMILES string of the molecule is COc1cc(Br)c2oc(-c3cc(-n4cnnc4)cc(C)c3O)nc2c1. The average molecular weight is 401 g/mol. The molecule has 0 fully saturated rings. The number of phenolic OH excluding ortho intramolecular Hbond substituents is 1. The predicted molar refractivity (Wildman–Crippen MR) is 95.0 cm³/mol. The summed E-state index contributed by atoms with van der Waals surface area (Å²) < 4.78 is 13.6. The second-order valence-corrected chi connectivity index (χ2v) is 6.36. The van der Waals surface area contributed by atoms with Gasteiger partial charge in [0, 0.05) is 11.8 Å². The van der Waals surface area contributed by atoms with Gasteiger partial charge >= 0.3 is 0 Å². The molecular formula is C17H13BrN4O3. The van der Waals surface area contributed by atoms with Gasteiger partial charge < -0.3 is 14.3 Å². The monoisotopic (exact) mass is 400 g/mol. The van der Waals surface area contributed by atoms with E-state index in [0.717, 1.165) is 10.2 Å². The van der Waals surface area contributed by atoms with Gasteiger partial charge in [-0.1, -0.05) is 0 Å². The third kappa shape index (κ3) is 2.64. The second kappa shape index (κ2) is 5.89. The summed E-state index contributed by atoms with van der Waals surface area (Å²) in [6.45, 7) is 1.81. The maximum absolute atomic E-state index is 10.5. The van der Waals surface area contributed by atoms with Crippen LogP contribution in [0.2, 0.25) is 0 Å². The number of oxazole rings is 1. The number of nitrogens with zero attached hydrogens (tertiary/aromatic N) is 4. The zero-order valence-corrected chi connectivity index (χ0v) is 15.0. The van der Waals surface area contributed by atoms with Crippen LogP contribution >= 0.6 is 15.9 Å². The Kier molecular flexibility index (Phi) is 3.69. The zero-order chi connectivity index (χ0) is 17.6. The number of rotatable bonds is 3. The molecule has 25 heavy (non-hydrogen) atoms. The average Bonchev–Trinajstić information content (AvgIpc) is 3.26. The topological polar surface area (TPSA) is 86.2 Å². The van der Waals surface area contributed by atoms with Crippen molar-refractivity contribution in [1.82, 2.24) is 19.7 Å². The smallest absolute Gasteiger partial charge is 0.231 e. The third-order valence-corrected chi connectivity index (χ3v) is 4.48. The Labute approximate surface area is 151 Å². The molecule has 4 rings (SSSR count). The molecule has 1 N–H and O–H groups in total. The molecule has 0 atom stereocenters. The normalized spacial score (nSPS) is 11.2. The second-order valence-electron chi connectivity index (χ2n) is 5.50. The molecular weight excluding hydrogens is 388 g/mol. The lowest BCUT2D eigenvalue weighted by Crippen LogP contribution is -1.93. The van der Waals surface area contributed by atoms with Crippen LogP contribution in [-0.4, -0.2) is 32.0 Å². The number of aromatic hydroxyl groups is 1. The number of fused-ring (bicyclic) bond motifs is 1. The summed E-state index contributed by atoms with van der Waals surface area (Å²) in [6.07, 6.45) is 3.17. The van der Waals surface area contributed by atoms with Gasteiger partial charge in [0.2, 0.25) is 5.89 Å². The minimum atomic E-state index is 0.117. The fraction of sp³-hybridized carbons (Fsp3) is 0.118. The van der Waals surface area contributed by atoms with Crippen LogP contribution in [0.1, 0.15) is 5.56 Å². The molecule has 0 spiro atoms. The number of phenols is 1. The minimum absolute atomic E-state index is 0.117. The Morgan fingerprint density at radius 3 is 2.64 bits per heavy atom. The van der Waals surface area contributed by atoms with E-state index in [0.29, 0.717) is 33.9 Å². The third-order valence-electron chi connectivity index (χ3n) is 3.89. The first-order valence-electron chi connectivity index (χ1n) is 7.40. The van der Waals surface area contributed by atoms with E-state index in [1.165, 1.54) is 0 Å². The van der Waals surface area contributed by atoms with Gasteiger partial charge in [-0.25, -0.2) is 4.98 Å². The van der Waals surface area contributed by atoms with Crippen molar-refractivity contribution in [1.29, 1.82) is 0 Å². The van der Waals surface area contributed by atoms with Crippen molar-refractivity contribution in [2.75, 3.05) is 7.11 Å². The highest BCUT2D eigenvalue weighted by Gasteiger charge is 2.18. The van der Waals surface area contributed by atoms with Gasteiger partial charge in [0.15, 0.2) is 5.58 Å². The Balaban J connectivity index is 1.92. The molecule has 0 unspecified atom stereocenters. The van der Waals surface area contributed by atoms with Gasteiger partial charge in [-0.15, -0.1) is 10.2 Å². The standard InChI is InChI=1S/C17H13BrN4O3/c1-9-3-10(22-7-19-20-8-22)4-12(15(9)23)17-21-14-6-11(24-2)5-13(18)16(14)25-17/h3-8,23H,1-2H3. The lowest BCUT2D eigenvalue weighted by atomic mass is 10.1. The number of aromatic nitrogens is 4. The molecule has 2 heterocycles. The molecule has 8 heteroatoms. The molecule has 0 amide bonds. The predicted octanol–water partition coefficient (Wildman–Crippen LogP) is 3.86. The largest absolute Gasteiger partial charge is 0.507 e. The Bertz CT molecular complexity index is 1070. The Morgan fingerprint density at radius 2 is 1.92 bits per heavy atom. The van der Waals surface area contributed by atoms with Crippen molar-refractivity contribution in [2.24, 2.45) is 0 Å². The Morgan fingerprint density at radius 1 is 1.16 bits per heavy atom. The number of aryl methyl sites for hydroxylation is 1. The van der Waals surface area contributed by atoms with E-state index < -0.39 is 0 Å². The van der Waals surface area contributed by atoms with Crippen molar-refractivity contribution >= 4 is 27.0 Å². The van der Waals surface area contributed by atoms with Crippen molar-refractivity contribution < 1.29 is 14.3 Å². The van der Waals surface area contributed by atoms with Crippen molar-refractivity contribution in [3.63, 3.8) is 0 Å². The molecule has 0 saturated carbocycles. The van der Waals surface area contributed by atoms with E-state index in [1.807, 2.05) is 13.0 Å². The summed E-state index contributed by atoms with van der Waals surface area (Å²) in [4.78, 5) is 4.50. The number of benzene rings is 2. The number of halogens is 1. The molecule has 126 valence electrons. The molecule has 4 aromatic rings. The fourth-order valence-corrected chi connectivity index (χ4v) is 3.12. The first-order chi connectivity index (χ1) is 12.1. The van der Waals surface area contributed by atoms with Crippen LogP contribution in [0.3, 0.4) is 0 Å². The summed E-state index contributed by atoms with van der Waals surface area (Å²) in [6, 6.07) is 7.20. The van der Waals surface area contributed by atoms with Crippen LogP contribution in [0.5, 0.6) is 11.5 Å². The molecule has 0 saturated heterocycles. The molecule has 7 nitrogen and oxygen atoms in total. The maximum atomic E-state index is 10.5. The highest BCUT2D eigenvalue weighted by Crippen LogP contribution is 2.38. The maximum Gasteiger partial charge on any atom is 0.231 e.